The van der Waals surface area contributed by atoms with Crippen LogP contribution in [0.1, 0.15) is 16.2 Å². The fraction of sp³-hybridized carbons (Fsp3) is 0.200. The maximum Gasteiger partial charge on any atom is 0.332 e. The van der Waals surface area contributed by atoms with Gasteiger partial charge in [-0.3, -0.25) is 23.5 Å². The Morgan fingerprint density at radius 1 is 1.10 bits per heavy atom. The van der Waals surface area contributed by atoms with Gasteiger partial charge in [0, 0.05) is 27.3 Å². The molecule has 10 heteroatoms. The van der Waals surface area contributed by atoms with E-state index in [9.17, 15) is 19.2 Å². The summed E-state index contributed by atoms with van der Waals surface area (Å²) in [4.78, 5) is 62.1. The molecule has 0 spiro atoms. The van der Waals surface area contributed by atoms with Gasteiger partial charge in [0.15, 0.2) is 0 Å². The van der Waals surface area contributed by atoms with E-state index >= 15 is 0 Å². The lowest BCUT2D eigenvalue weighted by atomic mass is 10.2. The third-order valence-electron chi connectivity index (χ3n) is 4.94. The summed E-state index contributed by atoms with van der Waals surface area (Å²) < 4.78 is 2.21. The van der Waals surface area contributed by atoms with Crippen LogP contribution in [0.4, 0.5) is 0 Å². The van der Waals surface area contributed by atoms with Crippen molar-refractivity contribution in [3.05, 3.63) is 79.1 Å². The summed E-state index contributed by atoms with van der Waals surface area (Å²) in [7, 11) is 4.43. The van der Waals surface area contributed by atoms with E-state index in [1.54, 1.807) is 31.3 Å². The number of nitrogens with one attached hydrogen (secondary N) is 1. The lowest BCUT2D eigenvalue weighted by molar-refractivity contribution is 0.0781. The first-order valence-corrected chi connectivity index (χ1v) is 9.07. The molecular weight excluding hydrogens is 388 g/mol. The Morgan fingerprint density at radius 2 is 1.83 bits per heavy atom. The monoisotopic (exact) mass is 406 g/mol. The van der Waals surface area contributed by atoms with Crippen LogP contribution in [0.25, 0.3) is 21.9 Å². The van der Waals surface area contributed by atoms with Gasteiger partial charge >= 0.3 is 5.69 Å². The van der Waals surface area contributed by atoms with E-state index in [-0.39, 0.29) is 28.7 Å². The molecule has 0 bridgehead atoms. The van der Waals surface area contributed by atoms with Crippen molar-refractivity contribution in [2.45, 2.75) is 6.54 Å². The van der Waals surface area contributed by atoms with E-state index in [1.165, 1.54) is 35.8 Å². The van der Waals surface area contributed by atoms with Gasteiger partial charge in [0.05, 0.1) is 28.4 Å². The van der Waals surface area contributed by atoms with Gasteiger partial charge in [0.2, 0.25) is 0 Å². The fourth-order valence-corrected chi connectivity index (χ4v) is 3.31. The maximum atomic E-state index is 12.9. The van der Waals surface area contributed by atoms with Crippen LogP contribution in [-0.4, -0.2) is 41.9 Å². The minimum atomic E-state index is -0.529. The summed E-state index contributed by atoms with van der Waals surface area (Å²) in [6.07, 6.45) is 1.32. The summed E-state index contributed by atoms with van der Waals surface area (Å²) in [5.74, 6) is -0.0716. The molecule has 3 heterocycles. The van der Waals surface area contributed by atoms with Crippen molar-refractivity contribution in [3.8, 4) is 0 Å². The number of benzene rings is 1. The zero-order valence-electron chi connectivity index (χ0n) is 16.5. The van der Waals surface area contributed by atoms with Crippen molar-refractivity contribution in [2.75, 3.05) is 7.05 Å². The quantitative estimate of drug-likeness (QED) is 0.516. The van der Waals surface area contributed by atoms with Gasteiger partial charge < -0.3 is 9.88 Å². The number of aryl methyl sites for hydroxylation is 1. The highest BCUT2D eigenvalue weighted by molar-refractivity contribution is 5.96. The van der Waals surface area contributed by atoms with Crippen LogP contribution in [0.2, 0.25) is 0 Å². The number of nitrogens with zero attached hydrogens (tertiary/aromatic N) is 5. The third kappa shape index (κ3) is 3.08. The summed E-state index contributed by atoms with van der Waals surface area (Å²) in [5, 5.41) is 0.631. The number of H-pyrrole nitrogens is 1. The Kier molecular flexibility index (Phi) is 4.53. The van der Waals surface area contributed by atoms with E-state index in [2.05, 4.69) is 15.0 Å². The smallest absolute Gasteiger partial charge is 0.332 e. The molecule has 0 aliphatic heterocycles. The number of carbonyl (C=O) groups excluding carboxylic acids is 1. The number of hydrogen-bond donors (Lipinski definition) is 1. The molecule has 152 valence electrons. The molecule has 0 radical (unpaired) electrons. The highest BCUT2D eigenvalue weighted by Gasteiger charge is 2.17. The van der Waals surface area contributed by atoms with Gasteiger partial charge in [-0.15, -0.1) is 0 Å². The van der Waals surface area contributed by atoms with E-state index in [0.717, 1.165) is 4.57 Å². The first kappa shape index (κ1) is 19.2. The molecular formula is C20H18N6O4. The Hall–Kier alpha value is -4.08. The molecule has 0 unspecified atom stereocenters. The molecule has 30 heavy (non-hydrogen) atoms. The van der Waals surface area contributed by atoms with Gasteiger partial charge in [-0.25, -0.2) is 14.8 Å². The second-order valence-electron chi connectivity index (χ2n) is 6.99. The maximum absolute atomic E-state index is 12.9. The molecule has 0 aliphatic carbocycles. The number of carbonyl (C=O) groups is 1. The molecule has 0 saturated carbocycles. The number of aromatic nitrogens is 5. The van der Waals surface area contributed by atoms with Crippen LogP contribution in [0, 0.1) is 0 Å². The lowest BCUT2D eigenvalue weighted by Gasteiger charge is -2.17. The Bertz CT molecular complexity index is 1500. The Morgan fingerprint density at radius 3 is 2.60 bits per heavy atom. The van der Waals surface area contributed by atoms with Crippen molar-refractivity contribution in [3.63, 3.8) is 0 Å². The number of aromatic amines is 1. The standard InChI is InChI=1S/C20H18N6O4/c1-24(10-15-22-14-7-5-4-6-12(14)17(27)23-15)18(28)11-8-13-16(21-9-11)25(2)20(30)26(3)19(13)29/h4-9H,10H2,1-3H3,(H,22,23,27). The van der Waals surface area contributed by atoms with Crippen LogP contribution in [-0.2, 0) is 20.6 Å². The van der Waals surface area contributed by atoms with E-state index in [0.29, 0.717) is 16.7 Å². The highest BCUT2D eigenvalue weighted by atomic mass is 16.2. The summed E-state index contributed by atoms with van der Waals surface area (Å²) >= 11 is 0. The van der Waals surface area contributed by atoms with Crippen LogP contribution in [0.3, 0.4) is 0 Å². The van der Waals surface area contributed by atoms with Gasteiger partial charge in [0.25, 0.3) is 17.0 Å². The molecule has 0 fully saturated rings. The summed E-state index contributed by atoms with van der Waals surface area (Å²) in [6, 6.07) is 8.35. The van der Waals surface area contributed by atoms with E-state index in [1.807, 2.05) is 0 Å². The molecule has 1 N–H and O–H groups in total. The Balaban J connectivity index is 1.69. The molecule has 1 amide bonds. The fourth-order valence-electron chi connectivity index (χ4n) is 3.31. The number of para-hydroxylation sites is 1. The number of fused-ring (bicyclic) bond motifs is 2. The molecule has 4 aromatic rings. The van der Waals surface area contributed by atoms with Gasteiger partial charge in [-0.1, -0.05) is 12.1 Å². The summed E-state index contributed by atoms with van der Waals surface area (Å²) in [5.41, 5.74) is -0.394. The number of amides is 1. The van der Waals surface area contributed by atoms with Gasteiger partial charge in [-0.05, 0) is 18.2 Å². The molecule has 0 atom stereocenters. The number of hydrogen-bond acceptors (Lipinski definition) is 6. The predicted molar refractivity (Wildman–Crippen MR) is 110 cm³/mol. The molecule has 4 rings (SSSR count). The van der Waals surface area contributed by atoms with Crippen molar-refractivity contribution >= 4 is 27.8 Å². The first-order chi connectivity index (χ1) is 14.3. The topological polar surface area (TPSA) is 123 Å². The minimum absolute atomic E-state index is 0.0578. The SMILES string of the molecule is CN(Cc1nc2ccccc2c(=O)[nH]1)C(=O)c1cnc2c(c1)c(=O)n(C)c(=O)n2C. The normalized spacial score (nSPS) is 11.2. The Labute approximate surface area is 169 Å². The minimum Gasteiger partial charge on any atom is -0.334 e. The van der Waals surface area contributed by atoms with Crippen LogP contribution in [0.5, 0.6) is 0 Å². The molecule has 0 saturated heterocycles. The molecule has 1 aromatic carbocycles. The zero-order valence-corrected chi connectivity index (χ0v) is 16.5. The lowest BCUT2D eigenvalue weighted by Crippen LogP contribution is -2.37. The largest absolute Gasteiger partial charge is 0.334 e. The van der Waals surface area contributed by atoms with Crippen molar-refractivity contribution in [2.24, 2.45) is 14.1 Å². The van der Waals surface area contributed by atoms with Crippen molar-refractivity contribution in [1.29, 1.82) is 0 Å². The average Bonchev–Trinajstić information content (AvgIpc) is 2.75. The number of pyridine rings is 1. The second-order valence-corrected chi connectivity index (χ2v) is 6.99. The van der Waals surface area contributed by atoms with E-state index < -0.39 is 17.2 Å². The zero-order chi connectivity index (χ0) is 21.6. The van der Waals surface area contributed by atoms with Crippen molar-refractivity contribution < 1.29 is 4.79 Å². The van der Waals surface area contributed by atoms with Crippen LogP contribution in [0.15, 0.2) is 50.9 Å². The van der Waals surface area contributed by atoms with Crippen molar-refractivity contribution in [1.82, 2.24) is 29.0 Å². The molecule has 3 aromatic heterocycles. The van der Waals surface area contributed by atoms with E-state index in [4.69, 9.17) is 0 Å². The average molecular weight is 406 g/mol. The van der Waals surface area contributed by atoms with Crippen LogP contribution < -0.4 is 16.8 Å². The first-order valence-electron chi connectivity index (χ1n) is 9.07. The predicted octanol–water partition coefficient (Wildman–Crippen LogP) is 0.141. The third-order valence-corrected chi connectivity index (χ3v) is 4.94. The second kappa shape index (κ2) is 7.07. The molecule has 10 nitrogen and oxygen atoms in total. The van der Waals surface area contributed by atoms with Gasteiger partial charge in [-0.2, -0.15) is 0 Å². The number of rotatable bonds is 3. The van der Waals surface area contributed by atoms with Crippen LogP contribution >= 0.6 is 0 Å². The highest BCUT2D eigenvalue weighted by Crippen LogP contribution is 2.11. The molecule has 0 aliphatic rings. The van der Waals surface area contributed by atoms with Gasteiger partial charge in [0.1, 0.15) is 11.5 Å². The summed E-state index contributed by atoms with van der Waals surface area (Å²) in [6.45, 7) is 0.0578.